The maximum absolute atomic E-state index is 5.63. The second-order valence-corrected chi connectivity index (χ2v) is 4.07. The molecule has 2 rings (SSSR count). The second-order valence-electron chi connectivity index (χ2n) is 4.07. The Morgan fingerprint density at radius 3 is 2.33 bits per heavy atom. The zero-order valence-corrected chi connectivity index (χ0v) is 10.3. The SMILES string of the molecule is CC.CC1=CC(C)(C)c2ccccc2O1. The minimum atomic E-state index is 0.0962. The molecule has 0 aliphatic carbocycles. The number of rotatable bonds is 0. The van der Waals surface area contributed by atoms with Crippen molar-refractivity contribution in [2.45, 2.75) is 40.0 Å². The van der Waals surface area contributed by atoms with Crippen molar-refractivity contribution >= 4 is 0 Å². The third-order valence-electron chi connectivity index (χ3n) is 2.42. The number of benzene rings is 1. The topological polar surface area (TPSA) is 9.23 Å². The van der Waals surface area contributed by atoms with Gasteiger partial charge in [-0.3, -0.25) is 0 Å². The van der Waals surface area contributed by atoms with Gasteiger partial charge in [0, 0.05) is 11.0 Å². The molecular weight excluding hydrogens is 184 g/mol. The van der Waals surface area contributed by atoms with Gasteiger partial charge in [-0.15, -0.1) is 0 Å². The molecule has 0 spiro atoms. The van der Waals surface area contributed by atoms with Gasteiger partial charge in [0.2, 0.25) is 0 Å². The van der Waals surface area contributed by atoms with Crippen LogP contribution in [0.25, 0.3) is 0 Å². The molecule has 15 heavy (non-hydrogen) atoms. The molecule has 1 aliphatic heterocycles. The van der Waals surface area contributed by atoms with E-state index in [0.717, 1.165) is 11.5 Å². The summed E-state index contributed by atoms with van der Waals surface area (Å²) in [5.41, 5.74) is 1.36. The van der Waals surface area contributed by atoms with Crippen molar-refractivity contribution < 1.29 is 4.74 Å². The van der Waals surface area contributed by atoms with Crippen LogP contribution in [0.3, 0.4) is 0 Å². The Hall–Kier alpha value is -1.24. The van der Waals surface area contributed by atoms with Crippen LogP contribution in [0.4, 0.5) is 0 Å². The first kappa shape index (κ1) is 11.8. The molecule has 1 aromatic rings. The summed E-state index contributed by atoms with van der Waals surface area (Å²) in [6.45, 7) is 10.4. The molecule has 0 amide bonds. The van der Waals surface area contributed by atoms with Gasteiger partial charge >= 0.3 is 0 Å². The van der Waals surface area contributed by atoms with Crippen molar-refractivity contribution in [3.63, 3.8) is 0 Å². The summed E-state index contributed by atoms with van der Waals surface area (Å²) in [7, 11) is 0. The molecule has 82 valence electrons. The number of allylic oxidation sites excluding steroid dienone is 2. The number of fused-ring (bicyclic) bond motifs is 1. The molecule has 0 radical (unpaired) electrons. The quantitative estimate of drug-likeness (QED) is 0.612. The van der Waals surface area contributed by atoms with E-state index >= 15 is 0 Å². The Morgan fingerprint density at radius 1 is 1.07 bits per heavy atom. The average Bonchev–Trinajstić information content (AvgIpc) is 2.19. The number of para-hydroxylation sites is 1. The summed E-state index contributed by atoms with van der Waals surface area (Å²) < 4.78 is 5.63. The normalized spacial score (nSPS) is 16.5. The summed E-state index contributed by atoms with van der Waals surface area (Å²) >= 11 is 0. The van der Waals surface area contributed by atoms with Gasteiger partial charge in [0.25, 0.3) is 0 Å². The van der Waals surface area contributed by atoms with Crippen LogP contribution in [-0.2, 0) is 5.41 Å². The van der Waals surface area contributed by atoms with Gasteiger partial charge in [0.05, 0.1) is 5.76 Å². The summed E-state index contributed by atoms with van der Waals surface area (Å²) in [5, 5.41) is 0. The Kier molecular flexibility index (Phi) is 3.57. The van der Waals surface area contributed by atoms with Crippen LogP contribution in [0, 0.1) is 0 Å². The fourth-order valence-electron chi connectivity index (χ4n) is 1.88. The van der Waals surface area contributed by atoms with Crippen LogP contribution < -0.4 is 4.74 Å². The Balaban J connectivity index is 0.000000531. The lowest BCUT2D eigenvalue weighted by Gasteiger charge is -2.29. The molecule has 1 aliphatic rings. The molecule has 0 aromatic heterocycles. The van der Waals surface area contributed by atoms with Crippen molar-refractivity contribution in [2.75, 3.05) is 0 Å². The Labute approximate surface area is 92.8 Å². The fourth-order valence-corrected chi connectivity index (χ4v) is 1.88. The molecule has 0 N–H and O–H groups in total. The highest BCUT2D eigenvalue weighted by Crippen LogP contribution is 2.37. The first-order chi connectivity index (χ1) is 7.09. The zero-order valence-electron chi connectivity index (χ0n) is 10.3. The van der Waals surface area contributed by atoms with E-state index in [1.807, 2.05) is 32.9 Å². The molecule has 0 saturated carbocycles. The van der Waals surface area contributed by atoms with E-state index < -0.39 is 0 Å². The van der Waals surface area contributed by atoms with Crippen molar-refractivity contribution in [3.05, 3.63) is 41.7 Å². The van der Waals surface area contributed by atoms with Crippen LogP contribution in [0.2, 0.25) is 0 Å². The lowest BCUT2D eigenvalue weighted by molar-refractivity contribution is 0.384. The molecule has 0 atom stereocenters. The van der Waals surface area contributed by atoms with E-state index in [0.29, 0.717) is 0 Å². The van der Waals surface area contributed by atoms with Crippen molar-refractivity contribution in [1.82, 2.24) is 0 Å². The van der Waals surface area contributed by atoms with Gasteiger partial charge in [0.15, 0.2) is 0 Å². The summed E-state index contributed by atoms with van der Waals surface area (Å²) in [5.74, 6) is 1.98. The maximum Gasteiger partial charge on any atom is 0.130 e. The van der Waals surface area contributed by atoms with Crippen molar-refractivity contribution in [2.24, 2.45) is 0 Å². The zero-order chi connectivity index (χ0) is 11.5. The van der Waals surface area contributed by atoms with Crippen molar-refractivity contribution in [1.29, 1.82) is 0 Å². The highest BCUT2D eigenvalue weighted by atomic mass is 16.5. The van der Waals surface area contributed by atoms with Gasteiger partial charge in [-0.1, -0.05) is 45.9 Å². The second kappa shape index (κ2) is 4.52. The maximum atomic E-state index is 5.63. The van der Waals surface area contributed by atoms with E-state index in [4.69, 9.17) is 4.74 Å². The van der Waals surface area contributed by atoms with E-state index in [2.05, 4.69) is 32.1 Å². The van der Waals surface area contributed by atoms with E-state index in [-0.39, 0.29) is 5.41 Å². The number of ether oxygens (including phenoxy) is 1. The van der Waals surface area contributed by atoms with Gasteiger partial charge in [-0.2, -0.15) is 0 Å². The molecule has 0 unspecified atom stereocenters. The summed E-state index contributed by atoms with van der Waals surface area (Å²) in [4.78, 5) is 0. The van der Waals surface area contributed by atoms with Crippen molar-refractivity contribution in [3.8, 4) is 5.75 Å². The van der Waals surface area contributed by atoms with Gasteiger partial charge in [0.1, 0.15) is 5.75 Å². The monoisotopic (exact) mass is 204 g/mol. The predicted octanol–water partition coefficient (Wildman–Crippen LogP) is 4.29. The van der Waals surface area contributed by atoms with E-state index in [1.165, 1.54) is 5.56 Å². The van der Waals surface area contributed by atoms with Gasteiger partial charge in [-0.25, -0.2) is 0 Å². The minimum Gasteiger partial charge on any atom is -0.462 e. The number of hydrogen-bond acceptors (Lipinski definition) is 1. The van der Waals surface area contributed by atoms with Crippen LogP contribution in [0.5, 0.6) is 5.75 Å². The third kappa shape index (κ3) is 2.41. The molecule has 1 heterocycles. The van der Waals surface area contributed by atoms with Crippen LogP contribution in [0.1, 0.15) is 40.2 Å². The standard InChI is InChI=1S/C12H14O.C2H6/c1-9-8-12(2,3)10-6-4-5-7-11(10)13-9;1-2/h4-8H,1-3H3;1-2H3. The molecule has 1 heteroatoms. The van der Waals surface area contributed by atoms with Gasteiger partial charge < -0.3 is 4.74 Å². The van der Waals surface area contributed by atoms with Crippen LogP contribution in [-0.4, -0.2) is 0 Å². The lowest BCUT2D eigenvalue weighted by Crippen LogP contribution is -2.20. The summed E-state index contributed by atoms with van der Waals surface area (Å²) in [6.07, 6.45) is 2.16. The molecular formula is C14H20O. The first-order valence-electron chi connectivity index (χ1n) is 5.56. The van der Waals surface area contributed by atoms with Crippen LogP contribution in [0.15, 0.2) is 36.1 Å². The Bertz CT molecular complexity index is 361. The fraction of sp³-hybridized carbons (Fsp3) is 0.429. The first-order valence-corrected chi connectivity index (χ1v) is 5.56. The molecule has 1 nitrogen and oxygen atoms in total. The van der Waals surface area contributed by atoms with Gasteiger partial charge in [-0.05, 0) is 19.1 Å². The molecule has 0 bridgehead atoms. The third-order valence-corrected chi connectivity index (χ3v) is 2.42. The minimum absolute atomic E-state index is 0.0962. The molecule has 0 saturated heterocycles. The molecule has 1 aromatic carbocycles. The highest BCUT2D eigenvalue weighted by Gasteiger charge is 2.26. The Morgan fingerprint density at radius 2 is 1.67 bits per heavy atom. The van der Waals surface area contributed by atoms with E-state index in [9.17, 15) is 0 Å². The van der Waals surface area contributed by atoms with Crippen LogP contribution >= 0.6 is 0 Å². The van der Waals surface area contributed by atoms with E-state index in [1.54, 1.807) is 0 Å². The lowest BCUT2D eigenvalue weighted by atomic mass is 9.82. The predicted molar refractivity (Wildman–Crippen MR) is 65.2 cm³/mol. The smallest absolute Gasteiger partial charge is 0.130 e. The number of hydrogen-bond donors (Lipinski definition) is 0. The highest BCUT2D eigenvalue weighted by molar-refractivity contribution is 5.45. The average molecular weight is 204 g/mol. The largest absolute Gasteiger partial charge is 0.462 e. The molecule has 0 fully saturated rings. The summed E-state index contributed by atoms with van der Waals surface area (Å²) in [6, 6.07) is 8.21.